The first kappa shape index (κ1) is 10.4. The van der Waals surface area contributed by atoms with Crippen molar-refractivity contribution < 1.29 is 0 Å². The average Bonchev–Trinajstić information content (AvgIpc) is 2.93. The van der Waals surface area contributed by atoms with Crippen LogP contribution in [0.5, 0.6) is 0 Å². The highest BCUT2D eigenvalue weighted by molar-refractivity contribution is 5.57. The number of hydrogen-bond acceptors (Lipinski definition) is 5. The molecule has 3 rings (SSSR count). The van der Waals surface area contributed by atoms with Crippen LogP contribution in [0, 0.1) is 0 Å². The Bertz CT molecular complexity index is 648. The Morgan fingerprint density at radius 2 is 1.89 bits per heavy atom. The molecule has 0 unspecified atom stereocenters. The molecule has 0 spiro atoms. The Balaban J connectivity index is 2.12. The van der Waals surface area contributed by atoms with Gasteiger partial charge in [0.05, 0.1) is 0 Å². The molecule has 0 aliphatic heterocycles. The molecular formula is C12H10N6. The van der Waals surface area contributed by atoms with Gasteiger partial charge in [-0.2, -0.15) is 5.10 Å². The van der Waals surface area contributed by atoms with Gasteiger partial charge in [0.15, 0.2) is 11.6 Å². The smallest absolute Gasteiger partial charge is 0.164 e. The molecule has 0 aliphatic rings. The van der Waals surface area contributed by atoms with E-state index in [1.54, 1.807) is 35.5 Å². The molecule has 0 aromatic carbocycles. The predicted molar refractivity (Wildman–Crippen MR) is 66.8 cm³/mol. The maximum absolute atomic E-state index is 5.80. The van der Waals surface area contributed by atoms with E-state index in [4.69, 9.17) is 5.73 Å². The van der Waals surface area contributed by atoms with E-state index >= 15 is 0 Å². The van der Waals surface area contributed by atoms with Crippen molar-refractivity contribution in [3.63, 3.8) is 0 Å². The van der Waals surface area contributed by atoms with E-state index in [1.807, 2.05) is 18.2 Å². The normalized spacial score (nSPS) is 10.4. The summed E-state index contributed by atoms with van der Waals surface area (Å²) in [6, 6.07) is 7.17. The quantitative estimate of drug-likeness (QED) is 0.727. The molecule has 18 heavy (non-hydrogen) atoms. The van der Waals surface area contributed by atoms with Gasteiger partial charge in [-0.1, -0.05) is 0 Å². The van der Waals surface area contributed by atoms with E-state index in [1.165, 1.54) is 0 Å². The van der Waals surface area contributed by atoms with Crippen LogP contribution in [0.4, 0.5) is 5.82 Å². The summed E-state index contributed by atoms with van der Waals surface area (Å²) in [5.74, 6) is 1.60. The molecule has 6 heteroatoms. The van der Waals surface area contributed by atoms with Gasteiger partial charge in [0.1, 0.15) is 5.82 Å². The topological polar surface area (TPSA) is 82.5 Å². The zero-order valence-corrected chi connectivity index (χ0v) is 9.43. The molecule has 0 radical (unpaired) electrons. The number of anilines is 1. The van der Waals surface area contributed by atoms with Crippen molar-refractivity contribution in [1.82, 2.24) is 24.7 Å². The molecule has 3 heterocycles. The summed E-state index contributed by atoms with van der Waals surface area (Å²) < 4.78 is 1.64. The Kier molecular flexibility index (Phi) is 2.45. The minimum atomic E-state index is 0.405. The monoisotopic (exact) mass is 238 g/mol. The number of nitrogens with two attached hydrogens (primary N) is 1. The standard InChI is InChI=1S/C12H10N6/c13-10-8-11(18-7-1-4-15-18)17-12(16-10)9-2-5-14-6-3-9/h1-8H,(H2,13,16,17). The third-order valence-corrected chi connectivity index (χ3v) is 2.41. The van der Waals surface area contributed by atoms with Crippen molar-refractivity contribution >= 4 is 5.82 Å². The Morgan fingerprint density at radius 3 is 2.61 bits per heavy atom. The van der Waals surface area contributed by atoms with Crippen LogP contribution in [0.15, 0.2) is 49.1 Å². The molecule has 0 bridgehead atoms. The molecule has 2 N–H and O–H groups in total. The first-order valence-corrected chi connectivity index (χ1v) is 5.38. The van der Waals surface area contributed by atoms with Crippen LogP contribution >= 0.6 is 0 Å². The minimum absolute atomic E-state index is 0.405. The van der Waals surface area contributed by atoms with Gasteiger partial charge in [0.2, 0.25) is 0 Å². The van der Waals surface area contributed by atoms with Gasteiger partial charge in [0, 0.05) is 36.4 Å². The predicted octanol–water partition coefficient (Wildman–Crippen LogP) is 1.31. The Labute approximate surface area is 103 Å². The molecule has 0 atom stereocenters. The first-order valence-electron chi connectivity index (χ1n) is 5.38. The highest BCUT2D eigenvalue weighted by Crippen LogP contribution is 2.17. The van der Waals surface area contributed by atoms with Gasteiger partial charge in [0.25, 0.3) is 0 Å². The lowest BCUT2D eigenvalue weighted by atomic mass is 10.2. The second-order valence-corrected chi connectivity index (χ2v) is 3.66. The van der Waals surface area contributed by atoms with Crippen molar-refractivity contribution in [2.24, 2.45) is 0 Å². The summed E-state index contributed by atoms with van der Waals surface area (Å²) in [7, 11) is 0. The van der Waals surface area contributed by atoms with Crippen molar-refractivity contribution in [3.05, 3.63) is 49.1 Å². The lowest BCUT2D eigenvalue weighted by molar-refractivity contribution is 0.843. The van der Waals surface area contributed by atoms with E-state index in [0.29, 0.717) is 17.5 Å². The molecule has 88 valence electrons. The van der Waals surface area contributed by atoms with E-state index in [0.717, 1.165) is 5.56 Å². The lowest BCUT2D eigenvalue weighted by Crippen LogP contribution is -2.03. The average molecular weight is 238 g/mol. The van der Waals surface area contributed by atoms with Crippen LogP contribution < -0.4 is 5.73 Å². The third kappa shape index (κ3) is 1.91. The number of nitrogens with zero attached hydrogens (tertiary/aromatic N) is 5. The fourth-order valence-electron chi connectivity index (χ4n) is 1.60. The number of pyridine rings is 1. The largest absolute Gasteiger partial charge is 0.384 e. The zero-order valence-electron chi connectivity index (χ0n) is 9.43. The summed E-state index contributed by atoms with van der Waals surface area (Å²) in [4.78, 5) is 12.6. The van der Waals surface area contributed by atoms with Gasteiger partial charge in [-0.05, 0) is 18.2 Å². The van der Waals surface area contributed by atoms with E-state index in [9.17, 15) is 0 Å². The number of aromatic nitrogens is 5. The van der Waals surface area contributed by atoms with Crippen molar-refractivity contribution in [3.8, 4) is 17.2 Å². The lowest BCUT2D eigenvalue weighted by Gasteiger charge is -2.05. The Hall–Kier alpha value is -2.76. The molecule has 0 amide bonds. The summed E-state index contributed by atoms with van der Waals surface area (Å²) in [5.41, 5.74) is 6.66. The van der Waals surface area contributed by atoms with Crippen LogP contribution in [0.3, 0.4) is 0 Å². The molecule has 6 nitrogen and oxygen atoms in total. The SMILES string of the molecule is Nc1cc(-n2cccn2)nc(-c2ccncc2)n1. The van der Waals surface area contributed by atoms with E-state index in [-0.39, 0.29) is 0 Å². The van der Waals surface area contributed by atoms with Gasteiger partial charge in [-0.15, -0.1) is 0 Å². The summed E-state index contributed by atoms with van der Waals surface area (Å²) in [5, 5.41) is 4.12. The van der Waals surface area contributed by atoms with Gasteiger partial charge < -0.3 is 5.73 Å². The van der Waals surface area contributed by atoms with Gasteiger partial charge in [-0.3, -0.25) is 4.98 Å². The maximum atomic E-state index is 5.80. The van der Waals surface area contributed by atoms with Crippen LogP contribution in [0.1, 0.15) is 0 Å². The number of nitrogen functional groups attached to an aromatic ring is 1. The second-order valence-electron chi connectivity index (χ2n) is 3.66. The molecule has 0 fully saturated rings. The summed E-state index contributed by atoms with van der Waals surface area (Å²) in [6.07, 6.45) is 6.87. The molecule has 3 aromatic rings. The van der Waals surface area contributed by atoms with Crippen LogP contribution in [0.25, 0.3) is 17.2 Å². The van der Waals surface area contributed by atoms with Crippen molar-refractivity contribution in [1.29, 1.82) is 0 Å². The zero-order chi connectivity index (χ0) is 12.4. The molecule has 0 saturated heterocycles. The second kappa shape index (κ2) is 4.25. The van der Waals surface area contributed by atoms with E-state index in [2.05, 4.69) is 20.1 Å². The fraction of sp³-hybridized carbons (Fsp3) is 0. The third-order valence-electron chi connectivity index (χ3n) is 2.41. The van der Waals surface area contributed by atoms with Crippen LogP contribution in [-0.2, 0) is 0 Å². The molecule has 3 aromatic heterocycles. The van der Waals surface area contributed by atoms with Crippen molar-refractivity contribution in [2.45, 2.75) is 0 Å². The molecule has 0 aliphatic carbocycles. The molecule has 0 saturated carbocycles. The maximum Gasteiger partial charge on any atom is 0.164 e. The van der Waals surface area contributed by atoms with Crippen LogP contribution in [-0.4, -0.2) is 24.7 Å². The molecular weight excluding hydrogens is 228 g/mol. The number of rotatable bonds is 2. The van der Waals surface area contributed by atoms with Gasteiger partial charge >= 0.3 is 0 Å². The van der Waals surface area contributed by atoms with Crippen LogP contribution in [0.2, 0.25) is 0 Å². The Morgan fingerprint density at radius 1 is 1.06 bits per heavy atom. The first-order chi connectivity index (χ1) is 8.83. The summed E-state index contributed by atoms with van der Waals surface area (Å²) in [6.45, 7) is 0. The van der Waals surface area contributed by atoms with Gasteiger partial charge in [-0.25, -0.2) is 14.6 Å². The number of hydrogen-bond donors (Lipinski definition) is 1. The fourth-order valence-corrected chi connectivity index (χ4v) is 1.60. The highest BCUT2D eigenvalue weighted by Gasteiger charge is 2.06. The summed E-state index contributed by atoms with van der Waals surface area (Å²) >= 11 is 0. The highest BCUT2D eigenvalue weighted by atomic mass is 15.3. The van der Waals surface area contributed by atoms with E-state index < -0.39 is 0 Å². The minimum Gasteiger partial charge on any atom is -0.384 e. The van der Waals surface area contributed by atoms with Crippen molar-refractivity contribution in [2.75, 3.05) is 5.73 Å².